The van der Waals surface area contributed by atoms with Crippen LogP contribution in [0.2, 0.25) is 0 Å². The predicted molar refractivity (Wildman–Crippen MR) is 104 cm³/mol. The van der Waals surface area contributed by atoms with Crippen molar-refractivity contribution in [3.63, 3.8) is 0 Å². The van der Waals surface area contributed by atoms with Crippen molar-refractivity contribution in [2.24, 2.45) is 0 Å². The summed E-state index contributed by atoms with van der Waals surface area (Å²) in [5.74, 6) is 1.08. The molecule has 1 aliphatic heterocycles. The zero-order valence-electron chi connectivity index (χ0n) is 15.9. The van der Waals surface area contributed by atoms with Gasteiger partial charge >= 0.3 is 5.97 Å². The van der Waals surface area contributed by atoms with Gasteiger partial charge in [-0.3, -0.25) is 0 Å². The second-order valence-electron chi connectivity index (χ2n) is 6.36. The summed E-state index contributed by atoms with van der Waals surface area (Å²) in [6.07, 6.45) is 1.82. The predicted octanol–water partition coefficient (Wildman–Crippen LogP) is 2.42. The van der Waals surface area contributed by atoms with Crippen molar-refractivity contribution >= 4 is 17.3 Å². The molecular weight excluding hydrogens is 360 g/mol. The van der Waals surface area contributed by atoms with Gasteiger partial charge in [0.25, 0.3) is 0 Å². The number of benzene rings is 1. The van der Waals surface area contributed by atoms with Crippen molar-refractivity contribution < 1.29 is 19.0 Å². The van der Waals surface area contributed by atoms with Gasteiger partial charge in [-0.1, -0.05) is 12.1 Å². The summed E-state index contributed by atoms with van der Waals surface area (Å²) >= 11 is 0. The van der Waals surface area contributed by atoms with E-state index in [-0.39, 0.29) is 5.69 Å². The minimum Gasteiger partial charge on any atom is -0.497 e. The summed E-state index contributed by atoms with van der Waals surface area (Å²) in [5, 5.41) is 4.43. The van der Waals surface area contributed by atoms with E-state index >= 15 is 0 Å². The Morgan fingerprint density at radius 1 is 1.25 bits per heavy atom. The molecule has 1 saturated heterocycles. The first-order valence-corrected chi connectivity index (χ1v) is 9.24. The lowest BCUT2D eigenvalue weighted by Gasteiger charge is -2.28. The molecule has 8 heteroatoms. The Hall–Kier alpha value is -3.13. The van der Waals surface area contributed by atoms with Crippen LogP contribution in [-0.2, 0) is 9.47 Å². The number of carbonyl (C=O) groups excluding carboxylic acids is 1. The first kappa shape index (κ1) is 18.2. The molecule has 1 fully saturated rings. The van der Waals surface area contributed by atoms with E-state index in [0.717, 1.165) is 41.4 Å². The summed E-state index contributed by atoms with van der Waals surface area (Å²) in [6, 6.07) is 9.42. The highest BCUT2D eigenvalue weighted by Crippen LogP contribution is 2.28. The van der Waals surface area contributed by atoms with Crippen LogP contribution in [0, 0.1) is 0 Å². The first-order chi connectivity index (χ1) is 13.7. The Morgan fingerprint density at radius 2 is 2.07 bits per heavy atom. The van der Waals surface area contributed by atoms with Gasteiger partial charge in [0.05, 0.1) is 38.8 Å². The average Bonchev–Trinajstić information content (AvgIpc) is 3.18. The van der Waals surface area contributed by atoms with Crippen LogP contribution in [0.4, 0.5) is 5.82 Å². The molecule has 146 valence electrons. The van der Waals surface area contributed by atoms with Crippen LogP contribution in [-0.4, -0.2) is 60.6 Å². The average molecular weight is 382 g/mol. The van der Waals surface area contributed by atoms with Gasteiger partial charge in [-0.2, -0.15) is 5.10 Å². The Morgan fingerprint density at radius 3 is 2.82 bits per heavy atom. The molecule has 0 bridgehead atoms. The maximum Gasteiger partial charge on any atom is 0.358 e. The summed E-state index contributed by atoms with van der Waals surface area (Å²) in [5.41, 5.74) is 2.67. The highest BCUT2D eigenvalue weighted by Gasteiger charge is 2.21. The lowest BCUT2D eigenvalue weighted by Crippen LogP contribution is -2.37. The maximum atomic E-state index is 12.2. The molecule has 0 aliphatic carbocycles. The highest BCUT2D eigenvalue weighted by molar-refractivity contribution is 5.90. The van der Waals surface area contributed by atoms with Crippen LogP contribution in [0.25, 0.3) is 16.8 Å². The zero-order chi connectivity index (χ0) is 19.5. The van der Waals surface area contributed by atoms with Gasteiger partial charge in [0, 0.05) is 24.7 Å². The molecule has 0 amide bonds. The third kappa shape index (κ3) is 3.50. The monoisotopic (exact) mass is 382 g/mol. The molecule has 3 heterocycles. The molecule has 0 unspecified atom stereocenters. The fraction of sp³-hybridized carbons (Fsp3) is 0.350. The molecule has 2 aromatic heterocycles. The van der Waals surface area contributed by atoms with Crippen LogP contribution in [0.15, 0.2) is 36.5 Å². The molecule has 8 nitrogen and oxygen atoms in total. The Balaban J connectivity index is 1.85. The lowest BCUT2D eigenvalue weighted by atomic mass is 10.1. The number of hydrogen-bond acceptors (Lipinski definition) is 7. The minimum absolute atomic E-state index is 0.265. The fourth-order valence-electron chi connectivity index (χ4n) is 3.21. The lowest BCUT2D eigenvalue weighted by molar-refractivity contribution is 0.0519. The van der Waals surface area contributed by atoms with Gasteiger partial charge in [-0.25, -0.2) is 14.3 Å². The van der Waals surface area contributed by atoms with Gasteiger partial charge in [0.1, 0.15) is 11.3 Å². The van der Waals surface area contributed by atoms with E-state index in [1.807, 2.05) is 30.5 Å². The van der Waals surface area contributed by atoms with E-state index in [4.69, 9.17) is 19.2 Å². The van der Waals surface area contributed by atoms with E-state index in [9.17, 15) is 4.79 Å². The number of aromatic nitrogens is 3. The Labute approximate surface area is 162 Å². The number of fused-ring (bicyclic) bond motifs is 1. The highest BCUT2D eigenvalue weighted by atomic mass is 16.5. The number of hydrogen-bond donors (Lipinski definition) is 0. The molecule has 1 aromatic carbocycles. The Kier molecular flexibility index (Phi) is 5.12. The second-order valence-corrected chi connectivity index (χ2v) is 6.36. The van der Waals surface area contributed by atoms with E-state index in [0.29, 0.717) is 19.8 Å². The topological polar surface area (TPSA) is 78.2 Å². The summed E-state index contributed by atoms with van der Waals surface area (Å²) in [6.45, 7) is 4.80. The largest absolute Gasteiger partial charge is 0.497 e. The van der Waals surface area contributed by atoms with Gasteiger partial charge in [-0.15, -0.1) is 0 Å². The molecule has 0 saturated carbocycles. The van der Waals surface area contributed by atoms with Gasteiger partial charge in [0.15, 0.2) is 11.5 Å². The molecule has 0 radical (unpaired) electrons. The molecule has 1 aliphatic rings. The molecule has 0 spiro atoms. The number of carbonyl (C=O) groups is 1. The number of rotatable bonds is 5. The van der Waals surface area contributed by atoms with Crippen LogP contribution in [0.3, 0.4) is 0 Å². The van der Waals surface area contributed by atoms with Crippen molar-refractivity contribution in [2.75, 3.05) is 44.9 Å². The molecule has 0 atom stereocenters. The smallest absolute Gasteiger partial charge is 0.358 e. The number of methoxy groups -OCH3 is 1. The molecule has 3 aromatic rings. The van der Waals surface area contributed by atoms with Crippen molar-refractivity contribution in [1.29, 1.82) is 0 Å². The van der Waals surface area contributed by atoms with E-state index in [1.54, 1.807) is 24.6 Å². The van der Waals surface area contributed by atoms with Crippen molar-refractivity contribution in [2.45, 2.75) is 6.92 Å². The van der Waals surface area contributed by atoms with Crippen LogP contribution in [0.5, 0.6) is 5.75 Å². The SMILES string of the molecule is CCOC(=O)c1cc2c(N3CCOCC3)nc(-c3cccc(OC)c3)cn2n1. The van der Waals surface area contributed by atoms with E-state index < -0.39 is 5.97 Å². The Bertz CT molecular complexity index is 995. The minimum atomic E-state index is -0.443. The van der Waals surface area contributed by atoms with Crippen molar-refractivity contribution in [3.8, 4) is 17.0 Å². The standard InChI is InChI=1S/C20H22N4O4/c1-3-28-20(25)16-12-18-19(23-7-9-27-10-8-23)21-17(13-24(18)22-16)14-5-4-6-15(11-14)26-2/h4-6,11-13H,3,7-10H2,1-2H3. The number of anilines is 1. The van der Waals surface area contributed by atoms with Gasteiger partial charge in [-0.05, 0) is 19.1 Å². The first-order valence-electron chi connectivity index (χ1n) is 9.24. The number of ether oxygens (including phenoxy) is 3. The maximum absolute atomic E-state index is 12.2. The fourth-order valence-corrected chi connectivity index (χ4v) is 3.21. The van der Waals surface area contributed by atoms with E-state index in [1.165, 1.54) is 0 Å². The van der Waals surface area contributed by atoms with Gasteiger partial charge in [0.2, 0.25) is 0 Å². The quantitative estimate of drug-likeness (QED) is 0.627. The second kappa shape index (κ2) is 7.85. The third-order valence-electron chi connectivity index (χ3n) is 4.60. The summed E-state index contributed by atoms with van der Waals surface area (Å²) in [7, 11) is 1.63. The molecular formula is C20H22N4O4. The third-order valence-corrected chi connectivity index (χ3v) is 4.60. The number of nitrogens with zero attached hydrogens (tertiary/aromatic N) is 4. The van der Waals surface area contributed by atoms with Gasteiger partial charge < -0.3 is 19.1 Å². The number of esters is 1. The summed E-state index contributed by atoms with van der Waals surface area (Å²) < 4.78 is 17.6. The van der Waals surface area contributed by atoms with E-state index in [2.05, 4.69) is 10.00 Å². The molecule has 4 rings (SSSR count). The van der Waals surface area contributed by atoms with Crippen molar-refractivity contribution in [1.82, 2.24) is 14.6 Å². The zero-order valence-corrected chi connectivity index (χ0v) is 15.9. The van der Waals surface area contributed by atoms with Crippen LogP contribution < -0.4 is 9.64 Å². The normalized spacial score (nSPS) is 14.3. The molecule has 28 heavy (non-hydrogen) atoms. The summed E-state index contributed by atoms with van der Waals surface area (Å²) in [4.78, 5) is 19.2. The molecule has 0 N–H and O–H groups in total. The van der Waals surface area contributed by atoms with Crippen LogP contribution >= 0.6 is 0 Å². The van der Waals surface area contributed by atoms with Crippen LogP contribution in [0.1, 0.15) is 17.4 Å². The number of morpholine rings is 1. The van der Waals surface area contributed by atoms with Crippen molar-refractivity contribution in [3.05, 3.63) is 42.2 Å².